The molecule has 5 rings (SSSR count). The van der Waals surface area contributed by atoms with Gasteiger partial charge in [-0.05, 0) is 136 Å². The van der Waals surface area contributed by atoms with Gasteiger partial charge in [0, 0.05) is 6.42 Å². The van der Waals surface area contributed by atoms with Crippen molar-refractivity contribution in [2.75, 3.05) is 13.7 Å². The fourth-order valence-electron chi connectivity index (χ4n) is 10.1. The van der Waals surface area contributed by atoms with Crippen LogP contribution in [0.3, 0.4) is 0 Å². The van der Waals surface area contributed by atoms with Gasteiger partial charge in [-0.3, -0.25) is 8.98 Å². The van der Waals surface area contributed by atoms with Crippen molar-refractivity contribution in [3.63, 3.8) is 0 Å². The molecule has 9 atom stereocenters. The second-order valence-electron chi connectivity index (χ2n) is 14.2. The van der Waals surface area contributed by atoms with E-state index in [0.717, 1.165) is 42.6 Å². The summed E-state index contributed by atoms with van der Waals surface area (Å²) in [5.41, 5.74) is 1.81. The third-order valence-corrected chi connectivity index (χ3v) is 13.6. The van der Waals surface area contributed by atoms with Gasteiger partial charge in [0.05, 0.1) is 18.6 Å². The molecule has 218 valence electrons. The zero-order chi connectivity index (χ0) is 28.0. The summed E-state index contributed by atoms with van der Waals surface area (Å²) in [5, 5.41) is 0. The van der Waals surface area contributed by atoms with Crippen LogP contribution < -0.4 is 0 Å². The third-order valence-electron chi connectivity index (χ3n) is 12.3. The molecule has 1 aromatic rings. The maximum atomic E-state index is 12.8. The fourth-order valence-corrected chi connectivity index (χ4v) is 11.1. The van der Waals surface area contributed by atoms with Crippen LogP contribution in [-0.4, -0.2) is 28.1 Å². The molecule has 5 nitrogen and oxygen atoms in total. The predicted molar refractivity (Wildman–Crippen MR) is 153 cm³/mol. The number of hydrogen-bond acceptors (Lipinski definition) is 5. The molecule has 0 aromatic heterocycles. The molecule has 0 saturated heterocycles. The Morgan fingerprint density at radius 1 is 0.974 bits per heavy atom. The Balaban J connectivity index is 1.20. The van der Waals surface area contributed by atoms with Crippen molar-refractivity contribution in [2.24, 2.45) is 52.3 Å². The first-order chi connectivity index (χ1) is 18.5. The molecule has 0 N–H and O–H groups in total. The van der Waals surface area contributed by atoms with Gasteiger partial charge in [0.15, 0.2) is 0 Å². The second-order valence-corrected chi connectivity index (χ2v) is 15.8. The zero-order valence-electron chi connectivity index (χ0n) is 24.8. The average Bonchev–Trinajstić information content (AvgIpc) is 3.28. The van der Waals surface area contributed by atoms with Crippen molar-refractivity contribution in [2.45, 2.75) is 103 Å². The number of ether oxygens (including phenoxy) is 1. The first-order valence-corrected chi connectivity index (χ1v) is 16.9. The molecular formula is C33H50O5S. The number of benzene rings is 1. The lowest BCUT2D eigenvalue weighted by atomic mass is 9.44. The van der Waals surface area contributed by atoms with Gasteiger partial charge >= 0.3 is 5.97 Å². The van der Waals surface area contributed by atoms with Gasteiger partial charge in [-0.1, -0.05) is 38.5 Å². The lowest BCUT2D eigenvalue weighted by Gasteiger charge is -2.61. The van der Waals surface area contributed by atoms with E-state index in [4.69, 9.17) is 8.92 Å². The second kappa shape index (κ2) is 11.1. The SMILES string of the molecule is COC(=O)CCC(C)C1CCC2C3CCC4CC(COS(=O)(=O)c5ccc(C)cc5)CCC4(C)C3CCC12C. The monoisotopic (exact) mass is 558 g/mol. The Kier molecular flexibility index (Phi) is 8.29. The smallest absolute Gasteiger partial charge is 0.305 e. The molecule has 9 unspecified atom stereocenters. The maximum Gasteiger partial charge on any atom is 0.305 e. The van der Waals surface area contributed by atoms with Gasteiger partial charge in [-0.15, -0.1) is 0 Å². The summed E-state index contributed by atoms with van der Waals surface area (Å²) in [6, 6.07) is 6.94. The number of hydrogen-bond donors (Lipinski definition) is 0. The number of rotatable bonds is 8. The van der Waals surface area contributed by atoms with Crippen molar-refractivity contribution in [1.82, 2.24) is 0 Å². The van der Waals surface area contributed by atoms with E-state index in [2.05, 4.69) is 20.8 Å². The van der Waals surface area contributed by atoms with E-state index in [1.54, 1.807) is 12.1 Å². The van der Waals surface area contributed by atoms with Gasteiger partial charge in [0.2, 0.25) is 0 Å². The largest absolute Gasteiger partial charge is 0.469 e. The third kappa shape index (κ3) is 5.46. The Morgan fingerprint density at radius 3 is 2.38 bits per heavy atom. The van der Waals surface area contributed by atoms with Crippen LogP contribution in [0.15, 0.2) is 29.2 Å². The lowest BCUT2D eigenvalue weighted by molar-refractivity contribution is -0.141. The Bertz CT molecular complexity index is 1130. The molecule has 1 aromatic carbocycles. The van der Waals surface area contributed by atoms with Crippen LogP contribution in [0.4, 0.5) is 0 Å². The number of fused-ring (bicyclic) bond motifs is 5. The summed E-state index contributed by atoms with van der Waals surface area (Å²) in [4.78, 5) is 12.0. The van der Waals surface area contributed by atoms with Crippen LogP contribution in [0.1, 0.15) is 97.0 Å². The van der Waals surface area contributed by atoms with E-state index >= 15 is 0 Å². The normalized spacial score (nSPS) is 38.8. The van der Waals surface area contributed by atoms with Gasteiger partial charge in [-0.2, -0.15) is 8.42 Å². The van der Waals surface area contributed by atoms with Gasteiger partial charge in [-0.25, -0.2) is 0 Å². The molecule has 6 heteroatoms. The minimum Gasteiger partial charge on any atom is -0.469 e. The van der Waals surface area contributed by atoms with E-state index in [9.17, 15) is 13.2 Å². The molecule has 0 bridgehead atoms. The van der Waals surface area contributed by atoms with Crippen molar-refractivity contribution < 1.29 is 22.1 Å². The van der Waals surface area contributed by atoms with E-state index in [1.807, 2.05) is 19.1 Å². The van der Waals surface area contributed by atoms with Gasteiger partial charge in [0.25, 0.3) is 10.1 Å². The minimum absolute atomic E-state index is 0.0785. The molecule has 4 saturated carbocycles. The van der Waals surface area contributed by atoms with Crippen molar-refractivity contribution in [1.29, 1.82) is 0 Å². The van der Waals surface area contributed by atoms with Gasteiger partial charge < -0.3 is 4.74 Å². The maximum absolute atomic E-state index is 12.8. The fraction of sp³-hybridized carbons (Fsp3) is 0.788. The van der Waals surface area contributed by atoms with Crippen molar-refractivity contribution in [3.05, 3.63) is 29.8 Å². The van der Waals surface area contributed by atoms with E-state index < -0.39 is 10.1 Å². The predicted octanol–water partition coefficient (Wildman–Crippen LogP) is 7.56. The molecule has 0 radical (unpaired) electrons. The molecule has 4 fully saturated rings. The lowest BCUT2D eigenvalue weighted by Crippen LogP contribution is -2.54. The summed E-state index contributed by atoms with van der Waals surface area (Å²) < 4.78 is 36.1. The number of methoxy groups -OCH3 is 1. The molecule has 0 heterocycles. The van der Waals surface area contributed by atoms with Crippen LogP contribution in [-0.2, 0) is 23.8 Å². The van der Waals surface area contributed by atoms with Crippen molar-refractivity contribution >= 4 is 16.1 Å². The first-order valence-electron chi connectivity index (χ1n) is 15.5. The summed E-state index contributed by atoms with van der Waals surface area (Å²) in [5.74, 6) is 4.60. The van der Waals surface area contributed by atoms with E-state index in [0.29, 0.717) is 47.5 Å². The van der Waals surface area contributed by atoms with Crippen LogP contribution in [0, 0.1) is 59.2 Å². The van der Waals surface area contributed by atoms with E-state index in [-0.39, 0.29) is 10.9 Å². The standard InChI is InChI=1S/C33H50O5S/c1-22-6-10-26(11-7-22)39(35,36)38-21-24-16-18-32(3)25(20-24)9-12-27-29-14-13-28(23(2)8-15-31(34)37-5)33(29,4)19-17-30(27)32/h6-7,10-11,23-25,27-30H,8-9,12-21H2,1-5H3. The summed E-state index contributed by atoms with van der Waals surface area (Å²) in [6.45, 7) is 9.79. The molecule has 4 aliphatic carbocycles. The zero-order valence-corrected chi connectivity index (χ0v) is 25.6. The molecule has 0 spiro atoms. The molecule has 0 amide bonds. The molecular weight excluding hydrogens is 508 g/mol. The number of carbonyl (C=O) groups excluding carboxylic acids is 1. The summed E-state index contributed by atoms with van der Waals surface area (Å²) >= 11 is 0. The topological polar surface area (TPSA) is 69.7 Å². The van der Waals surface area contributed by atoms with Gasteiger partial charge in [0.1, 0.15) is 0 Å². The highest BCUT2D eigenvalue weighted by Gasteiger charge is 2.60. The highest BCUT2D eigenvalue weighted by atomic mass is 32.2. The quantitative estimate of drug-likeness (QED) is 0.243. The van der Waals surface area contributed by atoms with Crippen LogP contribution in [0.5, 0.6) is 0 Å². The number of esters is 1. The Morgan fingerprint density at radius 2 is 1.67 bits per heavy atom. The van der Waals surface area contributed by atoms with E-state index in [1.165, 1.54) is 52.1 Å². The number of aryl methyl sites for hydroxylation is 1. The van der Waals surface area contributed by atoms with Crippen LogP contribution in [0.2, 0.25) is 0 Å². The molecule has 39 heavy (non-hydrogen) atoms. The highest BCUT2D eigenvalue weighted by Crippen LogP contribution is 2.68. The summed E-state index contributed by atoms with van der Waals surface area (Å²) in [6.07, 6.45) is 12.7. The Hall–Kier alpha value is -1.40. The van der Waals surface area contributed by atoms with Crippen molar-refractivity contribution in [3.8, 4) is 0 Å². The van der Waals surface area contributed by atoms with Crippen LogP contribution in [0.25, 0.3) is 0 Å². The minimum atomic E-state index is -3.71. The summed E-state index contributed by atoms with van der Waals surface area (Å²) in [7, 11) is -2.21. The average molecular weight is 559 g/mol. The van der Waals surface area contributed by atoms with Crippen LogP contribution >= 0.6 is 0 Å². The first kappa shape index (κ1) is 29.1. The number of carbonyl (C=O) groups is 1. The highest BCUT2D eigenvalue weighted by molar-refractivity contribution is 7.86. The molecule has 0 aliphatic heterocycles. The molecule has 4 aliphatic rings. The Labute approximate surface area is 236 Å².